The maximum atomic E-state index is 13.5. The number of hydrogen-bond acceptors (Lipinski definition) is 2. The van der Waals surface area contributed by atoms with Gasteiger partial charge in [0, 0.05) is 13.0 Å². The zero-order valence-electron chi connectivity index (χ0n) is 12.0. The first kappa shape index (κ1) is 17.9. The van der Waals surface area contributed by atoms with E-state index >= 15 is 0 Å². The summed E-state index contributed by atoms with van der Waals surface area (Å²) in [7, 11) is 0. The molecule has 1 amide bonds. The van der Waals surface area contributed by atoms with Crippen LogP contribution in [0, 0.1) is 0 Å². The van der Waals surface area contributed by atoms with Gasteiger partial charge in [-0.2, -0.15) is 0 Å². The molecular formula is C14H26FNO3. The van der Waals surface area contributed by atoms with E-state index in [1.54, 1.807) is 0 Å². The first-order valence-electron chi connectivity index (χ1n) is 7.14. The monoisotopic (exact) mass is 275 g/mol. The number of carbonyl (C=O) groups is 2. The summed E-state index contributed by atoms with van der Waals surface area (Å²) in [6, 6.07) is 0. The second kappa shape index (κ2) is 10.8. The van der Waals surface area contributed by atoms with Crippen LogP contribution in [0.25, 0.3) is 0 Å². The number of amides is 1. The minimum absolute atomic E-state index is 0.0978. The fourth-order valence-corrected chi connectivity index (χ4v) is 1.92. The summed E-state index contributed by atoms with van der Waals surface area (Å²) in [6.07, 6.45) is 3.44. The summed E-state index contributed by atoms with van der Waals surface area (Å²) in [5.41, 5.74) is 0. The molecule has 19 heavy (non-hydrogen) atoms. The summed E-state index contributed by atoms with van der Waals surface area (Å²) in [6.45, 7) is 4.06. The van der Waals surface area contributed by atoms with Crippen molar-refractivity contribution in [3.8, 4) is 0 Å². The van der Waals surface area contributed by atoms with Crippen molar-refractivity contribution in [2.24, 2.45) is 0 Å². The van der Waals surface area contributed by atoms with Crippen LogP contribution in [-0.4, -0.2) is 41.1 Å². The molecule has 0 saturated carbocycles. The van der Waals surface area contributed by atoms with Crippen LogP contribution in [0.5, 0.6) is 0 Å². The van der Waals surface area contributed by atoms with Gasteiger partial charge in [0.05, 0.1) is 0 Å². The lowest BCUT2D eigenvalue weighted by Gasteiger charge is -2.20. The average molecular weight is 275 g/mol. The molecule has 0 heterocycles. The Balaban J connectivity index is 4.00. The standard InChI is InChI=1S/C14H26FNO3/c1-3-5-6-7-12(15)8-9-13(17)16(10-4-2)11-14(18)19/h12H,3-11H2,1-2H3,(H,18,19). The Morgan fingerprint density at radius 3 is 2.37 bits per heavy atom. The van der Waals surface area contributed by atoms with E-state index < -0.39 is 12.1 Å². The Morgan fingerprint density at radius 2 is 1.84 bits per heavy atom. The van der Waals surface area contributed by atoms with Crippen LogP contribution in [0.4, 0.5) is 4.39 Å². The molecule has 1 atom stereocenters. The van der Waals surface area contributed by atoms with Gasteiger partial charge in [0.2, 0.25) is 5.91 Å². The lowest BCUT2D eigenvalue weighted by atomic mass is 10.1. The number of nitrogens with zero attached hydrogens (tertiary/aromatic N) is 1. The molecule has 0 radical (unpaired) electrons. The number of alkyl halides is 1. The molecule has 5 heteroatoms. The highest BCUT2D eigenvalue weighted by Gasteiger charge is 2.17. The van der Waals surface area contributed by atoms with Gasteiger partial charge in [0.15, 0.2) is 0 Å². The molecule has 0 rings (SSSR count). The number of rotatable bonds is 11. The van der Waals surface area contributed by atoms with E-state index in [1.165, 1.54) is 4.90 Å². The molecule has 4 nitrogen and oxygen atoms in total. The minimum atomic E-state index is -1.03. The Morgan fingerprint density at radius 1 is 1.16 bits per heavy atom. The molecule has 1 unspecified atom stereocenters. The topological polar surface area (TPSA) is 57.6 Å². The predicted molar refractivity (Wildman–Crippen MR) is 72.8 cm³/mol. The fourth-order valence-electron chi connectivity index (χ4n) is 1.92. The lowest BCUT2D eigenvalue weighted by Crippen LogP contribution is -2.36. The third-order valence-electron chi connectivity index (χ3n) is 2.96. The van der Waals surface area contributed by atoms with Crippen molar-refractivity contribution in [1.82, 2.24) is 4.90 Å². The van der Waals surface area contributed by atoms with Crippen LogP contribution in [0.1, 0.15) is 58.8 Å². The molecule has 0 bridgehead atoms. The van der Waals surface area contributed by atoms with Gasteiger partial charge in [-0.25, -0.2) is 4.39 Å². The molecule has 1 N–H and O–H groups in total. The van der Waals surface area contributed by atoms with Gasteiger partial charge >= 0.3 is 5.97 Å². The highest BCUT2D eigenvalue weighted by molar-refractivity contribution is 5.81. The highest BCUT2D eigenvalue weighted by Crippen LogP contribution is 2.13. The van der Waals surface area contributed by atoms with Crippen LogP contribution in [0.2, 0.25) is 0 Å². The van der Waals surface area contributed by atoms with Gasteiger partial charge < -0.3 is 10.0 Å². The zero-order chi connectivity index (χ0) is 14.7. The Hall–Kier alpha value is -1.13. The second-order valence-corrected chi connectivity index (χ2v) is 4.84. The Kier molecular flexibility index (Phi) is 10.1. The second-order valence-electron chi connectivity index (χ2n) is 4.84. The number of carboxylic acids is 1. The van der Waals surface area contributed by atoms with Crippen molar-refractivity contribution in [3.63, 3.8) is 0 Å². The smallest absolute Gasteiger partial charge is 0.323 e. The van der Waals surface area contributed by atoms with Crippen molar-refractivity contribution >= 4 is 11.9 Å². The van der Waals surface area contributed by atoms with E-state index in [2.05, 4.69) is 6.92 Å². The highest BCUT2D eigenvalue weighted by atomic mass is 19.1. The molecule has 0 aromatic rings. The number of halogens is 1. The maximum Gasteiger partial charge on any atom is 0.323 e. The number of unbranched alkanes of at least 4 members (excludes halogenated alkanes) is 2. The Labute approximate surface area is 115 Å². The van der Waals surface area contributed by atoms with Gasteiger partial charge in [-0.3, -0.25) is 9.59 Å². The summed E-state index contributed by atoms with van der Waals surface area (Å²) in [5, 5.41) is 8.71. The molecule has 0 aliphatic heterocycles. The Bertz CT molecular complexity index is 271. The van der Waals surface area contributed by atoms with E-state index in [0.717, 1.165) is 19.3 Å². The summed E-state index contributed by atoms with van der Waals surface area (Å²) in [4.78, 5) is 23.7. The third kappa shape index (κ3) is 9.45. The molecule has 0 aromatic heterocycles. The minimum Gasteiger partial charge on any atom is -0.480 e. The van der Waals surface area contributed by atoms with E-state index in [-0.39, 0.29) is 25.3 Å². The molecular weight excluding hydrogens is 249 g/mol. The van der Waals surface area contributed by atoms with E-state index in [4.69, 9.17) is 5.11 Å². The van der Waals surface area contributed by atoms with Gasteiger partial charge in [0.1, 0.15) is 12.7 Å². The number of carbonyl (C=O) groups excluding carboxylic acids is 1. The predicted octanol–water partition coefficient (Wildman–Crippen LogP) is 3.01. The maximum absolute atomic E-state index is 13.5. The van der Waals surface area contributed by atoms with Crippen molar-refractivity contribution in [2.75, 3.05) is 13.1 Å². The first-order chi connectivity index (χ1) is 9.01. The molecule has 112 valence electrons. The van der Waals surface area contributed by atoms with Gasteiger partial charge in [-0.15, -0.1) is 0 Å². The summed E-state index contributed by atoms with van der Waals surface area (Å²) >= 11 is 0. The quantitative estimate of drug-likeness (QED) is 0.590. The first-order valence-corrected chi connectivity index (χ1v) is 7.14. The molecule has 0 aliphatic rings. The van der Waals surface area contributed by atoms with E-state index in [9.17, 15) is 14.0 Å². The number of carboxylic acid groups (broad SMARTS) is 1. The van der Waals surface area contributed by atoms with Crippen LogP contribution < -0.4 is 0 Å². The summed E-state index contributed by atoms with van der Waals surface area (Å²) < 4.78 is 13.5. The zero-order valence-corrected chi connectivity index (χ0v) is 12.0. The normalized spacial score (nSPS) is 12.2. The third-order valence-corrected chi connectivity index (χ3v) is 2.96. The van der Waals surface area contributed by atoms with Crippen LogP contribution in [0.3, 0.4) is 0 Å². The van der Waals surface area contributed by atoms with Crippen molar-refractivity contribution < 1.29 is 19.1 Å². The van der Waals surface area contributed by atoms with Crippen LogP contribution in [0.15, 0.2) is 0 Å². The molecule has 0 saturated heterocycles. The van der Waals surface area contributed by atoms with E-state index in [0.29, 0.717) is 19.4 Å². The molecule has 0 aliphatic carbocycles. The fraction of sp³-hybridized carbons (Fsp3) is 0.857. The van der Waals surface area contributed by atoms with Gasteiger partial charge in [-0.1, -0.05) is 33.1 Å². The van der Waals surface area contributed by atoms with E-state index in [1.807, 2.05) is 6.92 Å². The average Bonchev–Trinajstić information content (AvgIpc) is 2.35. The van der Waals surface area contributed by atoms with Crippen molar-refractivity contribution in [2.45, 2.75) is 65.0 Å². The molecule has 0 spiro atoms. The summed E-state index contributed by atoms with van der Waals surface area (Å²) in [5.74, 6) is -1.29. The molecule has 0 fully saturated rings. The van der Waals surface area contributed by atoms with Gasteiger partial charge in [-0.05, 0) is 19.3 Å². The largest absolute Gasteiger partial charge is 0.480 e. The van der Waals surface area contributed by atoms with Crippen LogP contribution in [-0.2, 0) is 9.59 Å². The van der Waals surface area contributed by atoms with Crippen molar-refractivity contribution in [1.29, 1.82) is 0 Å². The number of hydrogen-bond donors (Lipinski definition) is 1. The SMILES string of the molecule is CCCCCC(F)CCC(=O)N(CCC)CC(=O)O. The molecule has 0 aromatic carbocycles. The lowest BCUT2D eigenvalue weighted by molar-refractivity contribution is -0.144. The van der Waals surface area contributed by atoms with Crippen LogP contribution >= 0.6 is 0 Å². The van der Waals surface area contributed by atoms with Gasteiger partial charge in [0.25, 0.3) is 0 Å². The van der Waals surface area contributed by atoms with Crippen molar-refractivity contribution in [3.05, 3.63) is 0 Å². The number of aliphatic carboxylic acids is 1.